The summed E-state index contributed by atoms with van der Waals surface area (Å²) in [6.07, 6.45) is 4.42. The van der Waals surface area contributed by atoms with Crippen LogP contribution < -0.4 is 10.0 Å². The molecule has 1 unspecified atom stereocenters. The van der Waals surface area contributed by atoms with Gasteiger partial charge >= 0.3 is 0 Å². The Morgan fingerprint density at radius 3 is 2.58 bits per heavy atom. The van der Waals surface area contributed by atoms with Crippen LogP contribution in [0.1, 0.15) is 30.9 Å². The first-order chi connectivity index (χ1) is 9.03. The van der Waals surface area contributed by atoms with Gasteiger partial charge in [0.15, 0.2) is 0 Å². The van der Waals surface area contributed by atoms with Gasteiger partial charge in [0.1, 0.15) is 0 Å². The average Bonchev–Trinajstić information content (AvgIpc) is 2.44. The Labute approximate surface area is 115 Å². The fourth-order valence-corrected chi connectivity index (χ4v) is 3.48. The second-order valence-corrected chi connectivity index (χ2v) is 6.95. The van der Waals surface area contributed by atoms with Crippen LogP contribution in [0.3, 0.4) is 0 Å². The van der Waals surface area contributed by atoms with Crippen molar-refractivity contribution in [2.24, 2.45) is 0 Å². The van der Waals surface area contributed by atoms with E-state index in [1.807, 2.05) is 26.1 Å². The van der Waals surface area contributed by atoms with Gasteiger partial charge in [0.25, 0.3) is 0 Å². The minimum atomic E-state index is -3.39. The first-order valence-corrected chi connectivity index (χ1v) is 8.30. The number of rotatable bonds is 5. The maximum atomic E-state index is 12.2. The lowest BCUT2D eigenvalue weighted by Gasteiger charge is -2.17. The van der Waals surface area contributed by atoms with Crippen molar-refractivity contribution in [3.8, 4) is 0 Å². The Balaban J connectivity index is 2.16. The summed E-state index contributed by atoms with van der Waals surface area (Å²) in [5.74, 6) is 0. The highest BCUT2D eigenvalue weighted by Gasteiger charge is 2.17. The molecule has 19 heavy (non-hydrogen) atoms. The van der Waals surface area contributed by atoms with Crippen molar-refractivity contribution in [2.45, 2.75) is 43.5 Å². The Morgan fingerprint density at radius 2 is 1.89 bits per heavy atom. The second-order valence-electron chi connectivity index (χ2n) is 5.18. The summed E-state index contributed by atoms with van der Waals surface area (Å²) >= 11 is 0. The number of aryl methyl sites for hydroxylation is 2. The number of likely N-dealkylation sites (N-methyl/N-ethyl adjacent to an activating group) is 1. The zero-order chi connectivity index (χ0) is 13.9. The highest BCUT2D eigenvalue weighted by molar-refractivity contribution is 7.89. The van der Waals surface area contributed by atoms with Crippen molar-refractivity contribution in [1.82, 2.24) is 10.0 Å². The molecule has 0 radical (unpaired) electrons. The van der Waals surface area contributed by atoms with Crippen LogP contribution in [-0.2, 0) is 22.9 Å². The molecule has 2 rings (SSSR count). The van der Waals surface area contributed by atoms with E-state index >= 15 is 0 Å². The topological polar surface area (TPSA) is 58.2 Å². The molecule has 0 saturated carbocycles. The van der Waals surface area contributed by atoms with Gasteiger partial charge in [-0.1, -0.05) is 6.07 Å². The standard InChI is InChI=1S/C14H22N2O2S/c1-11(15-2)10-16-19(17,18)14-8-7-12-5-3-4-6-13(12)9-14/h7-9,11,15-16H,3-6,10H2,1-2H3. The Kier molecular flexibility index (Phi) is 4.60. The van der Waals surface area contributed by atoms with Gasteiger partial charge in [0.2, 0.25) is 10.0 Å². The molecule has 0 aromatic heterocycles. The molecule has 0 spiro atoms. The van der Waals surface area contributed by atoms with E-state index in [9.17, 15) is 8.42 Å². The van der Waals surface area contributed by atoms with E-state index in [0.717, 1.165) is 19.3 Å². The van der Waals surface area contributed by atoms with E-state index in [4.69, 9.17) is 0 Å². The third kappa shape index (κ3) is 3.55. The third-order valence-corrected chi connectivity index (χ3v) is 5.12. The molecule has 1 aromatic rings. The second kappa shape index (κ2) is 6.03. The Hall–Kier alpha value is -0.910. The lowest BCUT2D eigenvalue weighted by molar-refractivity contribution is 0.554. The van der Waals surface area contributed by atoms with E-state index in [0.29, 0.717) is 11.4 Å². The Bertz CT molecular complexity index is 540. The molecule has 1 aromatic carbocycles. The SMILES string of the molecule is CNC(C)CNS(=O)(=O)c1ccc2c(c1)CCCC2. The predicted octanol–water partition coefficient (Wildman–Crippen LogP) is 1.45. The van der Waals surface area contributed by atoms with E-state index in [-0.39, 0.29) is 6.04 Å². The highest BCUT2D eigenvalue weighted by atomic mass is 32.2. The van der Waals surface area contributed by atoms with Crippen molar-refractivity contribution in [3.63, 3.8) is 0 Å². The normalized spacial score (nSPS) is 16.9. The molecule has 1 atom stereocenters. The lowest BCUT2D eigenvalue weighted by atomic mass is 9.92. The molecular formula is C14H22N2O2S. The van der Waals surface area contributed by atoms with Crippen LogP contribution in [-0.4, -0.2) is 28.1 Å². The van der Waals surface area contributed by atoms with Crippen LogP contribution in [0.5, 0.6) is 0 Å². The molecule has 1 aliphatic carbocycles. The predicted molar refractivity (Wildman–Crippen MR) is 76.8 cm³/mol. The molecule has 0 amide bonds. The van der Waals surface area contributed by atoms with Crippen molar-refractivity contribution in [2.75, 3.05) is 13.6 Å². The summed E-state index contributed by atoms with van der Waals surface area (Å²) in [6, 6.07) is 5.63. The summed E-state index contributed by atoms with van der Waals surface area (Å²) in [5, 5.41) is 3.01. The van der Waals surface area contributed by atoms with E-state index in [1.54, 1.807) is 6.07 Å². The molecule has 106 valence electrons. The quantitative estimate of drug-likeness (QED) is 0.859. The molecule has 4 nitrogen and oxygen atoms in total. The maximum absolute atomic E-state index is 12.2. The fraction of sp³-hybridized carbons (Fsp3) is 0.571. The summed E-state index contributed by atoms with van der Waals surface area (Å²) in [7, 11) is -1.57. The van der Waals surface area contributed by atoms with Crippen molar-refractivity contribution in [1.29, 1.82) is 0 Å². The fourth-order valence-electron chi connectivity index (χ4n) is 2.30. The number of benzene rings is 1. The van der Waals surface area contributed by atoms with Crippen LogP contribution in [0, 0.1) is 0 Å². The summed E-state index contributed by atoms with van der Waals surface area (Å²) in [5.41, 5.74) is 2.49. The summed E-state index contributed by atoms with van der Waals surface area (Å²) in [4.78, 5) is 0.386. The van der Waals surface area contributed by atoms with Crippen LogP contribution in [0.15, 0.2) is 23.1 Å². The molecule has 0 bridgehead atoms. The van der Waals surface area contributed by atoms with Crippen molar-refractivity contribution >= 4 is 10.0 Å². The maximum Gasteiger partial charge on any atom is 0.240 e. The molecule has 0 fully saturated rings. The number of nitrogens with one attached hydrogen (secondary N) is 2. The number of fused-ring (bicyclic) bond motifs is 1. The van der Waals surface area contributed by atoms with Crippen molar-refractivity contribution in [3.05, 3.63) is 29.3 Å². The largest absolute Gasteiger partial charge is 0.316 e. The highest BCUT2D eigenvalue weighted by Crippen LogP contribution is 2.23. The van der Waals surface area contributed by atoms with Gasteiger partial charge in [-0.25, -0.2) is 13.1 Å². The molecule has 5 heteroatoms. The number of sulfonamides is 1. The van der Waals surface area contributed by atoms with Gasteiger partial charge in [-0.15, -0.1) is 0 Å². The first-order valence-electron chi connectivity index (χ1n) is 6.81. The zero-order valence-corrected chi connectivity index (χ0v) is 12.4. The summed E-state index contributed by atoms with van der Waals surface area (Å²) in [6.45, 7) is 2.34. The molecule has 0 saturated heterocycles. The number of hydrogen-bond acceptors (Lipinski definition) is 3. The van der Waals surface area contributed by atoms with E-state index < -0.39 is 10.0 Å². The minimum Gasteiger partial charge on any atom is -0.316 e. The van der Waals surface area contributed by atoms with Gasteiger partial charge < -0.3 is 5.32 Å². The van der Waals surface area contributed by atoms with Crippen LogP contribution >= 0.6 is 0 Å². The molecule has 0 aliphatic heterocycles. The van der Waals surface area contributed by atoms with Gasteiger partial charge in [-0.2, -0.15) is 0 Å². The third-order valence-electron chi connectivity index (χ3n) is 3.70. The molecular weight excluding hydrogens is 260 g/mol. The summed E-state index contributed by atoms with van der Waals surface area (Å²) < 4.78 is 27.0. The zero-order valence-electron chi connectivity index (χ0n) is 11.6. The van der Waals surface area contributed by atoms with Crippen LogP contribution in [0.4, 0.5) is 0 Å². The average molecular weight is 282 g/mol. The van der Waals surface area contributed by atoms with Gasteiger partial charge in [-0.05, 0) is 62.9 Å². The molecule has 0 heterocycles. The van der Waals surface area contributed by atoms with Gasteiger partial charge in [-0.3, -0.25) is 0 Å². The molecule has 1 aliphatic rings. The van der Waals surface area contributed by atoms with Gasteiger partial charge in [0, 0.05) is 12.6 Å². The first kappa shape index (κ1) is 14.5. The van der Waals surface area contributed by atoms with E-state index in [1.165, 1.54) is 17.5 Å². The van der Waals surface area contributed by atoms with E-state index in [2.05, 4.69) is 10.0 Å². The monoisotopic (exact) mass is 282 g/mol. The minimum absolute atomic E-state index is 0.118. The lowest BCUT2D eigenvalue weighted by Crippen LogP contribution is -2.37. The smallest absolute Gasteiger partial charge is 0.240 e. The number of hydrogen-bond donors (Lipinski definition) is 2. The van der Waals surface area contributed by atoms with Crippen LogP contribution in [0.2, 0.25) is 0 Å². The molecule has 2 N–H and O–H groups in total. The van der Waals surface area contributed by atoms with Gasteiger partial charge in [0.05, 0.1) is 4.90 Å². The van der Waals surface area contributed by atoms with Crippen LogP contribution in [0.25, 0.3) is 0 Å². The Morgan fingerprint density at radius 1 is 1.21 bits per heavy atom. The van der Waals surface area contributed by atoms with Crippen molar-refractivity contribution < 1.29 is 8.42 Å².